The first-order valence-electron chi connectivity index (χ1n) is 7.28. The Morgan fingerprint density at radius 2 is 1.89 bits per heavy atom. The van der Waals surface area contributed by atoms with Gasteiger partial charge in [-0.3, -0.25) is 5.32 Å². The third kappa shape index (κ3) is 6.98. The summed E-state index contributed by atoms with van der Waals surface area (Å²) < 4.78 is 0. The van der Waals surface area contributed by atoms with E-state index in [-0.39, 0.29) is 0 Å². The summed E-state index contributed by atoms with van der Waals surface area (Å²) in [7, 11) is 0. The van der Waals surface area contributed by atoms with Gasteiger partial charge in [0.25, 0.3) is 0 Å². The molecule has 0 amide bonds. The maximum atomic E-state index is 9.32. The molecule has 0 radical (unpaired) electrons. The first kappa shape index (κ1) is 17.4. The predicted molar refractivity (Wildman–Crippen MR) is 78.5 cm³/mol. The second-order valence-corrected chi connectivity index (χ2v) is 5.90. The zero-order valence-electron chi connectivity index (χ0n) is 13.1. The lowest BCUT2D eigenvalue weighted by Gasteiger charge is -2.30. The molecule has 0 aromatic carbocycles. The van der Waals surface area contributed by atoms with Crippen molar-refractivity contribution >= 4 is 0 Å². The molecule has 106 valence electrons. The van der Waals surface area contributed by atoms with Crippen LogP contribution < -0.4 is 5.32 Å². The van der Waals surface area contributed by atoms with Gasteiger partial charge in [-0.1, -0.05) is 27.2 Å². The van der Waals surface area contributed by atoms with Gasteiger partial charge < -0.3 is 4.90 Å². The van der Waals surface area contributed by atoms with E-state index in [0.717, 1.165) is 32.0 Å². The van der Waals surface area contributed by atoms with Crippen molar-refractivity contribution in [2.45, 2.75) is 66.0 Å². The Bertz CT molecular complexity index is 257. The topological polar surface area (TPSA) is 39.1 Å². The normalized spacial score (nSPS) is 16.6. The number of nitrogens with one attached hydrogen (secondary N) is 1. The monoisotopic (exact) mass is 253 g/mol. The highest BCUT2D eigenvalue weighted by Gasteiger charge is 2.24. The van der Waals surface area contributed by atoms with Crippen molar-refractivity contribution in [2.24, 2.45) is 5.92 Å². The van der Waals surface area contributed by atoms with E-state index in [2.05, 4.69) is 50.9 Å². The smallest absolute Gasteiger partial charge is 0.105 e. The molecule has 2 atom stereocenters. The van der Waals surface area contributed by atoms with Crippen molar-refractivity contribution in [3.63, 3.8) is 0 Å². The summed E-state index contributed by atoms with van der Waals surface area (Å²) in [6.07, 6.45) is 2.10. The zero-order valence-corrected chi connectivity index (χ0v) is 13.1. The van der Waals surface area contributed by atoms with Gasteiger partial charge in [-0.2, -0.15) is 5.26 Å². The summed E-state index contributed by atoms with van der Waals surface area (Å²) in [4.78, 5) is 2.45. The first-order valence-corrected chi connectivity index (χ1v) is 7.28. The molecule has 0 aliphatic carbocycles. The molecular weight excluding hydrogens is 222 g/mol. The third-order valence-corrected chi connectivity index (χ3v) is 3.50. The highest BCUT2D eigenvalue weighted by atomic mass is 15.1. The summed E-state index contributed by atoms with van der Waals surface area (Å²) in [5.41, 5.74) is -0.406. The van der Waals surface area contributed by atoms with Crippen LogP contribution in [0.25, 0.3) is 0 Å². The van der Waals surface area contributed by atoms with Crippen molar-refractivity contribution in [3.05, 3.63) is 0 Å². The van der Waals surface area contributed by atoms with E-state index in [0.29, 0.717) is 6.04 Å². The van der Waals surface area contributed by atoms with Crippen LogP contribution >= 0.6 is 0 Å². The average molecular weight is 253 g/mol. The number of nitriles is 1. The average Bonchev–Trinajstić information content (AvgIpc) is 2.33. The Balaban J connectivity index is 4.28. The minimum absolute atomic E-state index is 0.347. The SMILES string of the molecule is CCC(C)CN(CC)CCC(C)(C#N)NC(C)C. The number of nitrogens with zero attached hydrogens (tertiary/aromatic N) is 2. The lowest BCUT2D eigenvalue weighted by atomic mass is 9.98. The maximum absolute atomic E-state index is 9.32. The number of hydrogen-bond donors (Lipinski definition) is 1. The zero-order chi connectivity index (χ0) is 14.2. The Labute approximate surface area is 114 Å². The quantitative estimate of drug-likeness (QED) is 0.686. The van der Waals surface area contributed by atoms with Gasteiger partial charge in [0.2, 0.25) is 0 Å². The Kier molecular flexibility index (Phi) is 8.22. The van der Waals surface area contributed by atoms with Crippen LogP contribution in [0.15, 0.2) is 0 Å². The minimum Gasteiger partial charge on any atom is -0.303 e. The fourth-order valence-corrected chi connectivity index (χ4v) is 2.13. The van der Waals surface area contributed by atoms with Crippen molar-refractivity contribution in [2.75, 3.05) is 19.6 Å². The maximum Gasteiger partial charge on any atom is 0.105 e. The van der Waals surface area contributed by atoms with Crippen LogP contribution in [0.5, 0.6) is 0 Å². The lowest BCUT2D eigenvalue weighted by Crippen LogP contribution is -2.47. The molecule has 3 heteroatoms. The highest BCUT2D eigenvalue weighted by molar-refractivity contribution is 5.04. The molecule has 0 aliphatic rings. The van der Waals surface area contributed by atoms with Gasteiger partial charge in [0, 0.05) is 19.1 Å². The van der Waals surface area contributed by atoms with Gasteiger partial charge in [-0.15, -0.1) is 0 Å². The van der Waals surface area contributed by atoms with Gasteiger partial charge in [0.05, 0.1) is 6.07 Å². The van der Waals surface area contributed by atoms with Crippen LogP contribution in [-0.4, -0.2) is 36.1 Å². The summed E-state index contributed by atoms with van der Waals surface area (Å²) in [5, 5.41) is 12.7. The highest BCUT2D eigenvalue weighted by Crippen LogP contribution is 2.12. The molecule has 0 aliphatic heterocycles. The van der Waals surface area contributed by atoms with Crippen LogP contribution in [0.4, 0.5) is 0 Å². The second kappa shape index (κ2) is 8.50. The Hall–Kier alpha value is -0.590. The van der Waals surface area contributed by atoms with Crippen LogP contribution in [0.2, 0.25) is 0 Å². The van der Waals surface area contributed by atoms with E-state index in [4.69, 9.17) is 0 Å². The van der Waals surface area contributed by atoms with Crippen molar-refractivity contribution < 1.29 is 0 Å². The van der Waals surface area contributed by atoms with Crippen molar-refractivity contribution in [3.8, 4) is 6.07 Å². The molecular formula is C15H31N3. The largest absolute Gasteiger partial charge is 0.303 e. The van der Waals surface area contributed by atoms with Crippen LogP contribution in [0.3, 0.4) is 0 Å². The molecule has 3 nitrogen and oxygen atoms in total. The molecule has 2 unspecified atom stereocenters. The van der Waals surface area contributed by atoms with E-state index in [1.54, 1.807) is 0 Å². The summed E-state index contributed by atoms with van der Waals surface area (Å²) >= 11 is 0. The van der Waals surface area contributed by atoms with Gasteiger partial charge in [0.15, 0.2) is 0 Å². The van der Waals surface area contributed by atoms with E-state index in [9.17, 15) is 5.26 Å². The van der Waals surface area contributed by atoms with Crippen LogP contribution in [0.1, 0.15) is 54.4 Å². The molecule has 0 rings (SSSR count). The fourth-order valence-electron chi connectivity index (χ4n) is 2.13. The first-order chi connectivity index (χ1) is 8.36. The lowest BCUT2D eigenvalue weighted by molar-refractivity contribution is 0.220. The molecule has 0 bridgehead atoms. The molecule has 0 saturated carbocycles. The number of hydrogen-bond acceptors (Lipinski definition) is 3. The number of rotatable bonds is 9. The summed E-state index contributed by atoms with van der Waals surface area (Å²) in [6.45, 7) is 16.1. The van der Waals surface area contributed by atoms with Crippen LogP contribution in [-0.2, 0) is 0 Å². The van der Waals surface area contributed by atoms with Crippen molar-refractivity contribution in [1.29, 1.82) is 5.26 Å². The molecule has 0 aromatic rings. The molecule has 0 spiro atoms. The van der Waals surface area contributed by atoms with E-state index >= 15 is 0 Å². The Morgan fingerprint density at radius 3 is 2.28 bits per heavy atom. The van der Waals surface area contributed by atoms with Gasteiger partial charge in [-0.25, -0.2) is 0 Å². The summed E-state index contributed by atoms with van der Waals surface area (Å²) in [6, 6.07) is 2.77. The minimum atomic E-state index is -0.406. The van der Waals surface area contributed by atoms with Gasteiger partial charge in [0.1, 0.15) is 5.54 Å². The van der Waals surface area contributed by atoms with Gasteiger partial charge in [-0.05, 0) is 39.7 Å². The van der Waals surface area contributed by atoms with Gasteiger partial charge >= 0.3 is 0 Å². The Morgan fingerprint density at radius 1 is 1.28 bits per heavy atom. The van der Waals surface area contributed by atoms with E-state index in [1.165, 1.54) is 6.42 Å². The van der Waals surface area contributed by atoms with Crippen molar-refractivity contribution in [1.82, 2.24) is 10.2 Å². The molecule has 0 aromatic heterocycles. The molecule has 0 saturated heterocycles. The second-order valence-electron chi connectivity index (χ2n) is 5.90. The van der Waals surface area contributed by atoms with E-state index in [1.807, 2.05) is 6.92 Å². The molecule has 0 fully saturated rings. The summed E-state index contributed by atoms with van der Waals surface area (Å²) in [5.74, 6) is 0.733. The standard InChI is InChI=1S/C15H31N3/c1-7-14(5)11-18(8-2)10-9-15(6,12-16)17-13(3)4/h13-14,17H,7-11H2,1-6H3. The predicted octanol–water partition coefficient (Wildman–Crippen LogP) is 3.02. The van der Waals surface area contributed by atoms with E-state index < -0.39 is 5.54 Å². The molecule has 0 heterocycles. The van der Waals surface area contributed by atoms with Crippen LogP contribution in [0, 0.1) is 17.2 Å². The fraction of sp³-hybridized carbons (Fsp3) is 0.933. The third-order valence-electron chi connectivity index (χ3n) is 3.50. The molecule has 1 N–H and O–H groups in total. The molecule has 18 heavy (non-hydrogen) atoms.